The van der Waals surface area contributed by atoms with Crippen LogP contribution in [0.15, 0.2) is 60.7 Å². The lowest BCUT2D eigenvalue weighted by Gasteiger charge is -2.21. The predicted octanol–water partition coefficient (Wildman–Crippen LogP) is 1.41. The minimum atomic E-state index is -0.946. The first-order valence-electron chi connectivity index (χ1n) is 10.6. The van der Waals surface area contributed by atoms with E-state index in [2.05, 4.69) is 15.4 Å². The number of methoxy groups -OCH3 is 1. The molecule has 3 rings (SSSR count). The molecule has 9 nitrogen and oxygen atoms in total. The molecule has 1 aliphatic rings. The van der Waals surface area contributed by atoms with E-state index in [0.29, 0.717) is 13.0 Å². The van der Waals surface area contributed by atoms with Crippen molar-refractivity contribution >= 4 is 23.9 Å². The molecule has 2 aromatic carbocycles. The first-order valence-corrected chi connectivity index (χ1v) is 10.6. The van der Waals surface area contributed by atoms with E-state index in [1.54, 1.807) is 0 Å². The molecule has 1 saturated heterocycles. The van der Waals surface area contributed by atoms with Crippen LogP contribution in [-0.2, 0) is 36.9 Å². The fourth-order valence-electron chi connectivity index (χ4n) is 3.49. The third-order valence-corrected chi connectivity index (χ3v) is 5.27. The summed E-state index contributed by atoms with van der Waals surface area (Å²) in [5.41, 5.74) is 1.66. The highest BCUT2D eigenvalue weighted by atomic mass is 16.5. The van der Waals surface area contributed by atoms with Gasteiger partial charge in [-0.3, -0.25) is 14.4 Å². The first kappa shape index (κ1) is 23.8. The molecule has 0 saturated carbocycles. The van der Waals surface area contributed by atoms with E-state index in [4.69, 9.17) is 4.74 Å². The maximum absolute atomic E-state index is 13.0. The molecule has 1 fully saturated rings. The van der Waals surface area contributed by atoms with Crippen molar-refractivity contribution in [2.75, 3.05) is 20.2 Å². The van der Waals surface area contributed by atoms with Crippen molar-refractivity contribution in [2.24, 2.45) is 0 Å². The molecule has 2 aromatic rings. The van der Waals surface area contributed by atoms with Gasteiger partial charge in [0.05, 0.1) is 7.11 Å². The Morgan fingerprint density at radius 2 is 1.67 bits per heavy atom. The molecule has 1 unspecified atom stereocenters. The van der Waals surface area contributed by atoms with Crippen LogP contribution in [0.1, 0.15) is 17.5 Å². The summed E-state index contributed by atoms with van der Waals surface area (Å²) in [5.74, 6) is -1.40. The molecular formula is C24H27N3O6. The van der Waals surface area contributed by atoms with Crippen molar-refractivity contribution in [3.63, 3.8) is 0 Å². The van der Waals surface area contributed by atoms with Crippen LogP contribution >= 0.6 is 0 Å². The fraction of sp³-hybridized carbons (Fsp3) is 0.333. The highest BCUT2D eigenvalue weighted by Crippen LogP contribution is 2.12. The van der Waals surface area contributed by atoms with Crippen molar-refractivity contribution in [2.45, 2.75) is 31.5 Å². The Morgan fingerprint density at radius 1 is 1.03 bits per heavy atom. The van der Waals surface area contributed by atoms with Gasteiger partial charge in [-0.15, -0.1) is 0 Å². The third kappa shape index (κ3) is 7.06. The highest BCUT2D eigenvalue weighted by Gasteiger charge is 2.35. The summed E-state index contributed by atoms with van der Waals surface area (Å²) in [6, 6.07) is 16.7. The molecule has 0 aliphatic carbocycles. The van der Waals surface area contributed by atoms with Crippen LogP contribution in [0.5, 0.6) is 0 Å². The van der Waals surface area contributed by atoms with Crippen LogP contribution in [0.3, 0.4) is 0 Å². The van der Waals surface area contributed by atoms with Gasteiger partial charge in [-0.1, -0.05) is 60.7 Å². The van der Waals surface area contributed by atoms with Crippen LogP contribution in [0, 0.1) is 0 Å². The molecule has 0 aromatic heterocycles. The summed E-state index contributed by atoms with van der Waals surface area (Å²) in [4.78, 5) is 50.7. The Bertz CT molecular complexity index is 967. The SMILES string of the molecule is COC(=O)CN1CCC(NC(=O)[C@H](Cc2ccccc2)NC(=O)OCc2ccccc2)C1=O. The van der Waals surface area contributed by atoms with Crippen LogP contribution < -0.4 is 10.6 Å². The quantitative estimate of drug-likeness (QED) is 0.555. The lowest BCUT2D eigenvalue weighted by molar-refractivity contribution is -0.146. The second kappa shape index (κ2) is 11.7. The van der Waals surface area contributed by atoms with Crippen molar-refractivity contribution < 1.29 is 28.7 Å². The summed E-state index contributed by atoms with van der Waals surface area (Å²) in [6.45, 7) is 0.226. The Balaban J connectivity index is 1.62. The first-order chi connectivity index (χ1) is 16.0. The number of amides is 3. The second-order valence-electron chi connectivity index (χ2n) is 7.63. The van der Waals surface area contributed by atoms with E-state index < -0.39 is 30.1 Å². The summed E-state index contributed by atoms with van der Waals surface area (Å²) in [5, 5.41) is 5.30. The fourth-order valence-corrected chi connectivity index (χ4v) is 3.49. The molecule has 3 amide bonds. The maximum Gasteiger partial charge on any atom is 0.408 e. The number of alkyl carbamates (subject to hydrolysis) is 1. The Kier molecular flexibility index (Phi) is 8.40. The molecule has 33 heavy (non-hydrogen) atoms. The standard InChI is InChI=1S/C24H27N3O6/c1-32-21(28)15-27-13-12-19(23(27)30)25-22(29)20(14-17-8-4-2-5-9-17)26-24(31)33-16-18-10-6-3-7-11-18/h2-11,19-20H,12-16H2,1H3,(H,25,29)(H,26,31)/t19?,20-/m0/s1. The zero-order chi connectivity index (χ0) is 23.6. The number of carbonyl (C=O) groups excluding carboxylic acids is 4. The molecule has 174 valence electrons. The predicted molar refractivity (Wildman–Crippen MR) is 119 cm³/mol. The minimum Gasteiger partial charge on any atom is -0.468 e. The maximum atomic E-state index is 13.0. The molecule has 0 bridgehead atoms. The van der Waals surface area contributed by atoms with Gasteiger partial charge in [0.25, 0.3) is 0 Å². The molecule has 0 radical (unpaired) electrons. The van der Waals surface area contributed by atoms with E-state index in [0.717, 1.165) is 11.1 Å². The minimum absolute atomic E-state index is 0.0654. The number of benzene rings is 2. The second-order valence-corrected chi connectivity index (χ2v) is 7.63. The molecule has 1 heterocycles. The Labute approximate surface area is 192 Å². The van der Waals surface area contributed by atoms with Crippen LogP contribution in [0.2, 0.25) is 0 Å². The topological polar surface area (TPSA) is 114 Å². The van der Waals surface area contributed by atoms with E-state index >= 15 is 0 Å². The van der Waals surface area contributed by atoms with Gasteiger partial charge in [0, 0.05) is 13.0 Å². The summed E-state index contributed by atoms with van der Waals surface area (Å²) in [6.07, 6.45) is -0.155. The molecule has 2 N–H and O–H groups in total. The van der Waals surface area contributed by atoms with E-state index in [1.165, 1.54) is 12.0 Å². The summed E-state index contributed by atoms with van der Waals surface area (Å²) in [7, 11) is 1.25. The molecule has 0 spiro atoms. The van der Waals surface area contributed by atoms with Gasteiger partial charge in [-0.2, -0.15) is 0 Å². The monoisotopic (exact) mass is 453 g/mol. The van der Waals surface area contributed by atoms with Crippen LogP contribution in [-0.4, -0.2) is 61.1 Å². The van der Waals surface area contributed by atoms with Gasteiger partial charge >= 0.3 is 12.1 Å². The zero-order valence-electron chi connectivity index (χ0n) is 18.4. The number of rotatable bonds is 9. The average Bonchev–Trinajstić information content (AvgIpc) is 3.17. The Morgan fingerprint density at radius 3 is 2.30 bits per heavy atom. The Hall–Kier alpha value is -3.88. The van der Waals surface area contributed by atoms with Gasteiger partial charge < -0.3 is 25.0 Å². The number of carbonyl (C=O) groups is 4. The average molecular weight is 453 g/mol. The number of ether oxygens (including phenoxy) is 2. The summed E-state index contributed by atoms with van der Waals surface area (Å²) >= 11 is 0. The number of nitrogens with one attached hydrogen (secondary N) is 2. The van der Waals surface area contributed by atoms with E-state index in [-0.39, 0.29) is 25.5 Å². The molecule has 2 atom stereocenters. The number of hydrogen-bond donors (Lipinski definition) is 2. The highest BCUT2D eigenvalue weighted by molar-refractivity contribution is 5.93. The van der Waals surface area contributed by atoms with E-state index in [1.807, 2.05) is 60.7 Å². The molecule has 1 aliphatic heterocycles. The lowest BCUT2D eigenvalue weighted by atomic mass is 10.0. The molecular weight excluding hydrogens is 426 g/mol. The van der Waals surface area contributed by atoms with Crippen LogP contribution in [0.25, 0.3) is 0 Å². The van der Waals surface area contributed by atoms with Crippen molar-refractivity contribution in [1.82, 2.24) is 15.5 Å². The van der Waals surface area contributed by atoms with Crippen LogP contribution in [0.4, 0.5) is 4.79 Å². The lowest BCUT2D eigenvalue weighted by Crippen LogP contribution is -2.52. The van der Waals surface area contributed by atoms with Gasteiger partial charge in [0.1, 0.15) is 25.2 Å². The molecule has 9 heteroatoms. The third-order valence-electron chi connectivity index (χ3n) is 5.27. The normalized spacial score (nSPS) is 16.1. The number of likely N-dealkylation sites (tertiary alicyclic amines) is 1. The van der Waals surface area contributed by atoms with E-state index in [9.17, 15) is 19.2 Å². The number of esters is 1. The van der Waals surface area contributed by atoms with Crippen molar-refractivity contribution in [1.29, 1.82) is 0 Å². The summed E-state index contributed by atoms with van der Waals surface area (Å²) < 4.78 is 9.85. The van der Waals surface area contributed by atoms with Gasteiger partial charge in [0.15, 0.2) is 0 Å². The van der Waals surface area contributed by atoms with Crippen molar-refractivity contribution in [3.05, 3.63) is 71.8 Å². The van der Waals surface area contributed by atoms with Gasteiger partial charge in [-0.25, -0.2) is 4.79 Å². The number of nitrogens with zero attached hydrogens (tertiary/aromatic N) is 1. The number of hydrogen-bond acceptors (Lipinski definition) is 6. The zero-order valence-corrected chi connectivity index (χ0v) is 18.4. The largest absolute Gasteiger partial charge is 0.468 e. The smallest absolute Gasteiger partial charge is 0.408 e. The van der Waals surface area contributed by atoms with Gasteiger partial charge in [-0.05, 0) is 17.5 Å². The van der Waals surface area contributed by atoms with Crippen molar-refractivity contribution in [3.8, 4) is 0 Å². The van der Waals surface area contributed by atoms with Gasteiger partial charge in [0.2, 0.25) is 11.8 Å².